The van der Waals surface area contributed by atoms with Crippen LogP contribution in [0.3, 0.4) is 0 Å². The quantitative estimate of drug-likeness (QED) is 0.0347. The molecular formula is C57H96O5. The van der Waals surface area contributed by atoms with Gasteiger partial charge in [-0.25, -0.2) is 0 Å². The third-order valence-electron chi connectivity index (χ3n) is 10.6. The number of esters is 2. The number of carbonyl (C=O) groups is 2. The molecule has 0 N–H and O–H groups in total. The van der Waals surface area contributed by atoms with Gasteiger partial charge in [-0.2, -0.15) is 0 Å². The van der Waals surface area contributed by atoms with Crippen molar-refractivity contribution in [2.75, 3.05) is 19.8 Å². The van der Waals surface area contributed by atoms with Gasteiger partial charge in [0, 0.05) is 19.4 Å². The number of carbonyl (C=O) groups excluding carboxylic acids is 2. The molecule has 0 spiro atoms. The van der Waals surface area contributed by atoms with Gasteiger partial charge in [0.1, 0.15) is 6.61 Å². The van der Waals surface area contributed by atoms with Crippen LogP contribution in [0.2, 0.25) is 0 Å². The minimum Gasteiger partial charge on any atom is -0.462 e. The zero-order chi connectivity index (χ0) is 44.9. The Morgan fingerprint density at radius 3 is 1.18 bits per heavy atom. The standard InChI is InChI=1S/C57H96O5/c1-4-7-10-13-16-19-21-23-25-27-29-30-32-34-36-39-41-44-47-50-56(58)61-54-55(62-57(59)51-48-45-42-38-18-15-12-9-6-3)53-60-52-49-46-43-40-37-35-33-31-28-26-24-22-20-17-14-11-8-5-2/h7-8,10-11,16-17,19-20,23-26,29-30,34,36,55H,4-6,9,12-15,18,21-22,27-28,31-33,35,37-54H2,1-3H3/b10-7-,11-8-,19-16-,20-17-,25-23-,26-24-,30-29-,36-34-. The molecule has 1 unspecified atom stereocenters. The van der Waals surface area contributed by atoms with E-state index in [1.165, 1.54) is 89.9 Å². The van der Waals surface area contributed by atoms with Crippen LogP contribution in [0.5, 0.6) is 0 Å². The van der Waals surface area contributed by atoms with Gasteiger partial charge >= 0.3 is 11.9 Å². The molecule has 0 bridgehead atoms. The van der Waals surface area contributed by atoms with Crippen molar-refractivity contribution in [1.82, 2.24) is 0 Å². The van der Waals surface area contributed by atoms with Gasteiger partial charge in [0.05, 0.1) is 6.61 Å². The third-order valence-corrected chi connectivity index (χ3v) is 10.6. The lowest BCUT2D eigenvalue weighted by Gasteiger charge is -2.18. The van der Waals surface area contributed by atoms with Crippen molar-refractivity contribution >= 4 is 11.9 Å². The lowest BCUT2D eigenvalue weighted by Crippen LogP contribution is -2.30. The third kappa shape index (κ3) is 49.5. The Morgan fingerprint density at radius 2 is 0.726 bits per heavy atom. The van der Waals surface area contributed by atoms with Crippen LogP contribution in [-0.4, -0.2) is 37.9 Å². The van der Waals surface area contributed by atoms with E-state index in [1.807, 2.05) is 0 Å². The van der Waals surface area contributed by atoms with Gasteiger partial charge in [0.2, 0.25) is 0 Å². The van der Waals surface area contributed by atoms with Crippen LogP contribution < -0.4 is 0 Å². The van der Waals surface area contributed by atoms with Gasteiger partial charge in [-0.1, -0.05) is 214 Å². The summed E-state index contributed by atoms with van der Waals surface area (Å²) in [6.07, 6.45) is 69.9. The Morgan fingerprint density at radius 1 is 0.371 bits per heavy atom. The van der Waals surface area contributed by atoms with E-state index in [9.17, 15) is 9.59 Å². The molecule has 0 aliphatic rings. The molecule has 5 heteroatoms. The van der Waals surface area contributed by atoms with E-state index in [-0.39, 0.29) is 25.2 Å². The average molecular weight is 861 g/mol. The second-order valence-corrected chi connectivity index (χ2v) is 16.7. The zero-order valence-electron chi connectivity index (χ0n) is 40.6. The number of hydrogen-bond acceptors (Lipinski definition) is 5. The van der Waals surface area contributed by atoms with Crippen molar-refractivity contribution in [3.8, 4) is 0 Å². The summed E-state index contributed by atoms with van der Waals surface area (Å²) in [5.41, 5.74) is 0. The van der Waals surface area contributed by atoms with Crippen LogP contribution in [0.15, 0.2) is 97.2 Å². The summed E-state index contributed by atoms with van der Waals surface area (Å²) in [5, 5.41) is 0. The maximum atomic E-state index is 12.7. The molecule has 0 saturated heterocycles. The average Bonchev–Trinajstić information content (AvgIpc) is 3.27. The molecule has 0 aliphatic carbocycles. The van der Waals surface area contributed by atoms with Gasteiger partial charge in [0.25, 0.3) is 0 Å². The Hall–Kier alpha value is -3.18. The summed E-state index contributed by atoms with van der Waals surface area (Å²) in [6.45, 7) is 7.54. The summed E-state index contributed by atoms with van der Waals surface area (Å²) in [6, 6.07) is 0. The van der Waals surface area contributed by atoms with Gasteiger partial charge < -0.3 is 14.2 Å². The fourth-order valence-corrected chi connectivity index (χ4v) is 6.84. The minimum atomic E-state index is -0.556. The molecule has 0 fully saturated rings. The lowest BCUT2D eigenvalue weighted by atomic mass is 10.1. The summed E-state index contributed by atoms with van der Waals surface area (Å²) in [5.74, 6) is -0.442. The Balaban J connectivity index is 4.27. The van der Waals surface area contributed by atoms with Crippen molar-refractivity contribution in [2.45, 2.75) is 232 Å². The van der Waals surface area contributed by atoms with Crippen molar-refractivity contribution in [2.24, 2.45) is 0 Å². The van der Waals surface area contributed by atoms with Gasteiger partial charge in [-0.3, -0.25) is 9.59 Å². The molecule has 0 aliphatic heterocycles. The molecule has 0 aromatic carbocycles. The van der Waals surface area contributed by atoms with Gasteiger partial charge in [-0.05, 0) is 96.3 Å². The number of ether oxygens (including phenoxy) is 3. The van der Waals surface area contributed by atoms with Crippen molar-refractivity contribution < 1.29 is 23.8 Å². The Labute approximate surface area is 383 Å². The molecule has 62 heavy (non-hydrogen) atoms. The first kappa shape index (κ1) is 58.8. The predicted molar refractivity (Wildman–Crippen MR) is 270 cm³/mol. The molecule has 0 radical (unpaired) electrons. The monoisotopic (exact) mass is 861 g/mol. The largest absolute Gasteiger partial charge is 0.462 e. The van der Waals surface area contributed by atoms with Crippen LogP contribution in [0.4, 0.5) is 0 Å². The maximum Gasteiger partial charge on any atom is 0.306 e. The van der Waals surface area contributed by atoms with E-state index in [2.05, 4.69) is 118 Å². The second-order valence-electron chi connectivity index (χ2n) is 16.7. The molecule has 354 valence electrons. The highest BCUT2D eigenvalue weighted by molar-refractivity contribution is 5.70. The smallest absolute Gasteiger partial charge is 0.306 e. The highest BCUT2D eigenvalue weighted by atomic mass is 16.6. The number of unbranched alkanes of at least 4 members (excludes halogenated alkanes) is 19. The first-order valence-electron chi connectivity index (χ1n) is 25.8. The maximum absolute atomic E-state index is 12.7. The SMILES string of the molecule is CC/C=C\C/C=C\C/C=C\C/C=C\C/C=C\CCCCCC(=O)OCC(COCCCCCCCCCC/C=C\C/C=C\C/C=C\CC)OC(=O)CCCCCCCCCCC. The molecule has 0 aromatic heterocycles. The summed E-state index contributed by atoms with van der Waals surface area (Å²) in [7, 11) is 0. The highest BCUT2D eigenvalue weighted by Gasteiger charge is 2.17. The Bertz CT molecular complexity index is 1200. The van der Waals surface area contributed by atoms with Crippen LogP contribution >= 0.6 is 0 Å². The van der Waals surface area contributed by atoms with Gasteiger partial charge in [0.15, 0.2) is 6.10 Å². The molecule has 5 nitrogen and oxygen atoms in total. The summed E-state index contributed by atoms with van der Waals surface area (Å²) >= 11 is 0. The molecule has 0 saturated carbocycles. The molecule has 1 atom stereocenters. The van der Waals surface area contributed by atoms with E-state index in [0.29, 0.717) is 19.4 Å². The molecule has 0 amide bonds. The van der Waals surface area contributed by atoms with Crippen LogP contribution in [0, 0.1) is 0 Å². The van der Waals surface area contributed by atoms with Gasteiger partial charge in [-0.15, -0.1) is 0 Å². The lowest BCUT2D eigenvalue weighted by molar-refractivity contribution is -0.163. The fraction of sp³-hybridized carbons (Fsp3) is 0.684. The summed E-state index contributed by atoms with van der Waals surface area (Å²) in [4.78, 5) is 25.3. The first-order chi connectivity index (χ1) is 30.6. The van der Waals surface area contributed by atoms with Crippen LogP contribution in [0.25, 0.3) is 0 Å². The molecule has 0 rings (SSSR count). The fourth-order valence-electron chi connectivity index (χ4n) is 6.84. The predicted octanol–water partition coefficient (Wildman–Crippen LogP) is 17.5. The number of allylic oxidation sites excluding steroid dienone is 16. The van der Waals surface area contributed by atoms with Crippen molar-refractivity contribution in [3.05, 3.63) is 97.2 Å². The van der Waals surface area contributed by atoms with E-state index in [0.717, 1.165) is 103 Å². The highest BCUT2D eigenvalue weighted by Crippen LogP contribution is 2.13. The molecular weight excluding hydrogens is 765 g/mol. The van der Waals surface area contributed by atoms with Crippen LogP contribution in [0.1, 0.15) is 226 Å². The van der Waals surface area contributed by atoms with Crippen molar-refractivity contribution in [1.29, 1.82) is 0 Å². The van der Waals surface area contributed by atoms with E-state index in [4.69, 9.17) is 14.2 Å². The minimum absolute atomic E-state index is 0.0617. The zero-order valence-corrected chi connectivity index (χ0v) is 40.6. The second kappa shape index (κ2) is 52.2. The van der Waals surface area contributed by atoms with Crippen LogP contribution in [-0.2, 0) is 23.8 Å². The van der Waals surface area contributed by atoms with E-state index < -0.39 is 6.10 Å². The first-order valence-corrected chi connectivity index (χ1v) is 25.8. The van der Waals surface area contributed by atoms with E-state index >= 15 is 0 Å². The molecule has 0 heterocycles. The summed E-state index contributed by atoms with van der Waals surface area (Å²) < 4.78 is 17.3. The van der Waals surface area contributed by atoms with Crippen molar-refractivity contribution in [3.63, 3.8) is 0 Å². The normalized spacial score (nSPS) is 13.0. The molecule has 0 aromatic rings. The topological polar surface area (TPSA) is 61.8 Å². The number of hydrogen-bond donors (Lipinski definition) is 0. The van der Waals surface area contributed by atoms with E-state index in [1.54, 1.807) is 0 Å². The Kier molecular flexibility index (Phi) is 49.5. The number of rotatable bonds is 46.